The number of sulfonamides is 1. The van der Waals surface area contributed by atoms with Gasteiger partial charge in [0.15, 0.2) is 5.03 Å². The molecule has 19 heavy (non-hydrogen) atoms. The standard InChI is InChI=1S/C9H12ClN3O5S/c1-13-8(6(10)2-11-13)19(16,17)12-7-4-18-3-5(7)9(14)15/h2,5,7,12H,3-4H2,1H3,(H,14,15). The van der Waals surface area contributed by atoms with E-state index in [0.717, 1.165) is 4.68 Å². The van der Waals surface area contributed by atoms with E-state index in [4.69, 9.17) is 21.4 Å². The highest BCUT2D eigenvalue weighted by Gasteiger charge is 2.38. The molecule has 2 rings (SSSR count). The summed E-state index contributed by atoms with van der Waals surface area (Å²) in [6.07, 6.45) is 1.20. The third-order valence-electron chi connectivity index (χ3n) is 2.80. The number of rotatable bonds is 4. The van der Waals surface area contributed by atoms with Crippen LogP contribution in [0.1, 0.15) is 0 Å². The van der Waals surface area contributed by atoms with Crippen LogP contribution in [0.15, 0.2) is 11.2 Å². The number of carboxylic acids is 1. The Morgan fingerprint density at radius 1 is 1.63 bits per heavy atom. The van der Waals surface area contributed by atoms with Gasteiger partial charge in [-0.1, -0.05) is 11.6 Å². The summed E-state index contributed by atoms with van der Waals surface area (Å²) < 4.78 is 32.7. The van der Waals surface area contributed by atoms with E-state index in [1.807, 2.05) is 0 Å². The van der Waals surface area contributed by atoms with Crippen LogP contribution >= 0.6 is 11.6 Å². The zero-order valence-electron chi connectivity index (χ0n) is 9.91. The molecule has 1 aliphatic rings. The third-order valence-corrected chi connectivity index (χ3v) is 4.80. The predicted octanol–water partition coefficient (Wildman–Crippen LogP) is -0.549. The average Bonchev–Trinajstić information content (AvgIpc) is 2.85. The van der Waals surface area contributed by atoms with E-state index in [-0.39, 0.29) is 23.3 Å². The van der Waals surface area contributed by atoms with Gasteiger partial charge < -0.3 is 9.84 Å². The van der Waals surface area contributed by atoms with Crippen LogP contribution in [0.4, 0.5) is 0 Å². The van der Waals surface area contributed by atoms with Gasteiger partial charge in [-0.2, -0.15) is 5.10 Å². The number of ether oxygens (including phenoxy) is 1. The van der Waals surface area contributed by atoms with Crippen molar-refractivity contribution in [3.63, 3.8) is 0 Å². The fraction of sp³-hybridized carbons (Fsp3) is 0.556. The lowest BCUT2D eigenvalue weighted by Crippen LogP contribution is -2.43. The third kappa shape index (κ3) is 2.73. The van der Waals surface area contributed by atoms with Gasteiger partial charge in [-0.05, 0) is 0 Å². The number of carboxylic acid groups (broad SMARTS) is 1. The summed E-state index contributed by atoms with van der Waals surface area (Å²) >= 11 is 5.76. The Kier molecular flexibility index (Phi) is 3.81. The Hall–Kier alpha value is -1.16. The van der Waals surface area contributed by atoms with Crippen molar-refractivity contribution in [2.75, 3.05) is 13.2 Å². The Labute approximate surface area is 114 Å². The minimum Gasteiger partial charge on any atom is -0.481 e. The first kappa shape index (κ1) is 14.3. The molecule has 1 aliphatic heterocycles. The van der Waals surface area contributed by atoms with E-state index in [0.29, 0.717) is 0 Å². The molecule has 0 saturated carbocycles. The SMILES string of the molecule is Cn1ncc(Cl)c1S(=O)(=O)NC1COCC1C(=O)O. The molecule has 0 aromatic carbocycles. The lowest BCUT2D eigenvalue weighted by atomic mass is 10.1. The summed E-state index contributed by atoms with van der Waals surface area (Å²) in [6.45, 7) is -0.0205. The summed E-state index contributed by atoms with van der Waals surface area (Å²) in [6, 6.07) is -0.825. The normalized spacial score (nSPS) is 23.7. The molecule has 0 radical (unpaired) electrons. The summed E-state index contributed by atoms with van der Waals surface area (Å²) in [5, 5.41) is 12.5. The molecule has 1 fully saturated rings. The Bertz CT molecular complexity index is 579. The van der Waals surface area contributed by atoms with Crippen molar-refractivity contribution in [2.45, 2.75) is 11.1 Å². The van der Waals surface area contributed by atoms with Crippen molar-refractivity contribution >= 4 is 27.6 Å². The maximum absolute atomic E-state index is 12.2. The van der Waals surface area contributed by atoms with Crippen LogP contribution in [0.25, 0.3) is 0 Å². The van der Waals surface area contributed by atoms with Crippen LogP contribution < -0.4 is 4.72 Å². The van der Waals surface area contributed by atoms with E-state index < -0.39 is 28.0 Å². The highest BCUT2D eigenvalue weighted by molar-refractivity contribution is 7.89. The molecule has 1 aromatic heterocycles. The number of aliphatic carboxylic acids is 1. The van der Waals surface area contributed by atoms with Crippen molar-refractivity contribution < 1.29 is 23.1 Å². The quantitative estimate of drug-likeness (QED) is 0.772. The highest BCUT2D eigenvalue weighted by Crippen LogP contribution is 2.22. The Balaban J connectivity index is 2.25. The maximum Gasteiger partial charge on any atom is 0.310 e. The van der Waals surface area contributed by atoms with E-state index in [9.17, 15) is 13.2 Å². The smallest absolute Gasteiger partial charge is 0.310 e. The second-order valence-electron chi connectivity index (χ2n) is 4.13. The minimum absolute atomic E-state index is 0.00562. The Morgan fingerprint density at radius 3 is 2.84 bits per heavy atom. The summed E-state index contributed by atoms with van der Waals surface area (Å²) in [7, 11) is -2.52. The molecular formula is C9H12ClN3O5S. The fourth-order valence-corrected chi connectivity index (χ4v) is 3.79. The van der Waals surface area contributed by atoms with Crippen LogP contribution in [-0.4, -0.2) is 48.5 Å². The first-order valence-corrected chi connectivity index (χ1v) is 7.19. The number of halogens is 1. The predicted molar refractivity (Wildman–Crippen MR) is 64.3 cm³/mol. The number of hydrogen-bond donors (Lipinski definition) is 2. The first-order valence-electron chi connectivity index (χ1n) is 5.33. The van der Waals surface area contributed by atoms with E-state index in [1.54, 1.807) is 0 Å². The van der Waals surface area contributed by atoms with Crippen LogP contribution in [-0.2, 0) is 26.6 Å². The molecule has 8 nitrogen and oxygen atoms in total. The van der Waals surface area contributed by atoms with Gasteiger partial charge in [0.25, 0.3) is 10.0 Å². The molecule has 0 bridgehead atoms. The summed E-state index contributed by atoms with van der Waals surface area (Å²) in [5.41, 5.74) is 0. The lowest BCUT2D eigenvalue weighted by molar-refractivity contribution is -0.142. The number of aryl methyl sites for hydroxylation is 1. The van der Waals surface area contributed by atoms with Gasteiger partial charge in [0.2, 0.25) is 0 Å². The number of aromatic nitrogens is 2. The van der Waals surface area contributed by atoms with Gasteiger partial charge in [0, 0.05) is 7.05 Å². The molecule has 0 spiro atoms. The van der Waals surface area contributed by atoms with Gasteiger partial charge in [0.1, 0.15) is 0 Å². The topological polar surface area (TPSA) is 111 Å². The van der Waals surface area contributed by atoms with Crippen LogP contribution in [0.2, 0.25) is 5.02 Å². The van der Waals surface area contributed by atoms with E-state index >= 15 is 0 Å². The monoisotopic (exact) mass is 309 g/mol. The number of nitrogens with one attached hydrogen (secondary N) is 1. The molecule has 106 valence electrons. The van der Waals surface area contributed by atoms with Crippen LogP contribution in [0.5, 0.6) is 0 Å². The van der Waals surface area contributed by atoms with Gasteiger partial charge in [-0.25, -0.2) is 13.1 Å². The summed E-state index contributed by atoms with van der Waals surface area (Å²) in [5.74, 6) is -2.02. The number of nitrogens with zero attached hydrogens (tertiary/aromatic N) is 2. The van der Waals surface area contributed by atoms with Gasteiger partial charge in [-0.15, -0.1) is 0 Å². The zero-order valence-corrected chi connectivity index (χ0v) is 11.5. The molecule has 2 unspecified atom stereocenters. The van der Waals surface area contributed by atoms with E-state index in [2.05, 4.69) is 9.82 Å². The molecule has 0 aliphatic carbocycles. The van der Waals surface area contributed by atoms with Crippen LogP contribution in [0.3, 0.4) is 0 Å². The molecule has 2 N–H and O–H groups in total. The molecule has 2 atom stereocenters. The van der Waals surface area contributed by atoms with Gasteiger partial charge in [0.05, 0.1) is 36.4 Å². The van der Waals surface area contributed by atoms with Gasteiger partial charge in [-0.3, -0.25) is 9.48 Å². The second kappa shape index (κ2) is 5.08. The van der Waals surface area contributed by atoms with Crippen LogP contribution in [0, 0.1) is 5.92 Å². The molecular weight excluding hydrogens is 298 g/mol. The highest BCUT2D eigenvalue weighted by atomic mass is 35.5. The molecule has 10 heteroatoms. The lowest BCUT2D eigenvalue weighted by Gasteiger charge is -2.15. The largest absolute Gasteiger partial charge is 0.481 e. The van der Waals surface area contributed by atoms with Crippen molar-refractivity contribution in [3.8, 4) is 0 Å². The molecule has 1 saturated heterocycles. The minimum atomic E-state index is -3.95. The first-order chi connectivity index (χ1) is 8.83. The van der Waals surface area contributed by atoms with Crippen molar-refractivity contribution in [3.05, 3.63) is 11.2 Å². The van der Waals surface area contributed by atoms with Crippen molar-refractivity contribution in [1.29, 1.82) is 0 Å². The fourth-order valence-electron chi connectivity index (χ4n) is 1.87. The Morgan fingerprint density at radius 2 is 2.32 bits per heavy atom. The van der Waals surface area contributed by atoms with Crippen molar-refractivity contribution in [2.24, 2.45) is 13.0 Å². The zero-order chi connectivity index (χ0) is 14.2. The number of hydrogen-bond acceptors (Lipinski definition) is 5. The van der Waals surface area contributed by atoms with Gasteiger partial charge >= 0.3 is 5.97 Å². The molecule has 0 amide bonds. The maximum atomic E-state index is 12.2. The van der Waals surface area contributed by atoms with Crippen molar-refractivity contribution in [1.82, 2.24) is 14.5 Å². The molecule has 1 aromatic rings. The number of carbonyl (C=O) groups is 1. The summed E-state index contributed by atoms with van der Waals surface area (Å²) in [4.78, 5) is 11.0. The average molecular weight is 310 g/mol. The molecule has 2 heterocycles. The second-order valence-corrected chi connectivity index (χ2v) is 6.17. The van der Waals surface area contributed by atoms with E-state index in [1.165, 1.54) is 13.2 Å².